The van der Waals surface area contributed by atoms with E-state index in [-0.39, 0.29) is 37.3 Å². The molecule has 0 atom stereocenters. The summed E-state index contributed by atoms with van der Waals surface area (Å²) in [6.45, 7) is 32.1. The van der Waals surface area contributed by atoms with E-state index in [9.17, 15) is 0 Å². The van der Waals surface area contributed by atoms with Crippen LogP contribution in [0.5, 0.6) is 11.5 Å². The normalized spacial score (nSPS) is 13.4. The predicted octanol–water partition coefficient (Wildman–Crippen LogP) is 15.4. The van der Waals surface area contributed by atoms with Gasteiger partial charge in [0.25, 0.3) is 0 Å². The monoisotopic (exact) mass is 1050 g/mol. The first-order valence-corrected chi connectivity index (χ1v) is 26.1. The van der Waals surface area contributed by atoms with Gasteiger partial charge in [0.1, 0.15) is 5.82 Å². The molecule has 0 radical (unpaired) electrons. The summed E-state index contributed by atoms with van der Waals surface area (Å²) < 4.78 is 9.15. The number of pyridine rings is 1. The number of fused-ring (bicyclic) bond motifs is 4. The van der Waals surface area contributed by atoms with Crippen molar-refractivity contribution in [2.75, 3.05) is 9.80 Å². The first kappa shape index (κ1) is 46.1. The minimum atomic E-state index is -1.60. The van der Waals surface area contributed by atoms with Crippen LogP contribution in [0, 0.1) is 25.7 Å². The molecule has 0 unspecified atom stereocenters. The number of rotatable bonds is 7. The van der Waals surface area contributed by atoms with Crippen molar-refractivity contribution >= 4 is 57.8 Å². The molecule has 0 saturated carbocycles. The summed E-state index contributed by atoms with van der Waals surface area (Å²) in [5.41, 5.74) is 13.3. The maximum Gasteiger partial charge on any atom is 0.135 e. The van der Waals surface area contributed by atoms with Gasteiger partial charge in [-0.05, 0) is 87.2 Å². The van der Waals surface area contributed by atoms with Crippen molar-refractivity contribution in [2.24, 2.45) is 0 Å². The number of anilines is 4. The molecule has 0 N–H and O–H groups in total. The Morgan fingerprint density at radius 3 is 1.83 bits per heavy atom. The summed E-state index contributed by atoms with van der Waals surface area (Å²) in [4.78, 5) is 9.69. The Morgan fingerprint density at radius 1 is 0.600 bits per heavy atom. The SMILES string of the molecule is Cc1cc(-n2c3[c-]c(Oc4[c-]c(N5[CH-]N(c6cc(C(C)(C)C)cc(C(C)(C)C)c6)c6ccccc65)cc(C(C)(C)C)c4)ccc3c3cc([Si](C)(C)C)ccc32)ncc1-c1ccccc1.[Pt]. The van der Waals surface area contributed by atoms with Gasteiger partial charge in [0.2, 0.25) is 0 Å². The van der Waals surface area contributed by atoms with Crippen LogP contribution in [-0.2, 0) is 37.3 Å². The van der Waals surface area contributed by atoms with E-state index in [1.165, 1.54) is 21.7 Å². The van der Waals surface area contributed by atoms with Crippen LogP contribution < -0.4 is 19.7 Å². The van der Waals surface area contributed by atoms with E-state index in [2.05, 4.69) is 243 Å². The number of aryl methyl sites for hydroxylation is 1. The van der Waals surface area contributed by atoms with E-state index in [0.29, 0.717) is 11.5 Å². The molecule has 3 heterocycles. The number of aromatic nitrogens is 2. The second kappa shape index (κ2) is 16.8. The molecule has 1 aliphatic rings. The molecular weight excluding hydrogens is 992 g/mol. The minimum Gasteiger partial charge on any atom is -0.509 e. The van der Waals surface area contributed by atoms with Gasteiger partial charge < -0.3 is 19.1 Å². The number of hydrogen-bond donors (Lipinski definition) is 0. The van der Waals surface area contributed by atoms with Crippen LogP contribution in [0.15, 0.2) is 128 Å². The molecule has 1 aliphatic heterocycles. The van der Waals surface area contributed by atoms with Crippen molar-refractivity contribution < 1.29 is 25.8 Å². The smallest absolute Gasteiger partial charge is 0.135 e. The molecule has 0 bridgehead atoms. The fourth-order valence-corrected chi connectivity index (χ4v) is 9.82. The van der Waals surface area contributed by atoms with Gasteiger partial charge >= 0.3 is 0 Å². The van der Waals surface area contributed by atoms with Crippen LogP contribution in [-0.4, -0.2) is 17.6 Å². The molecule has 0 amide bonds. The third kappa shape index (κ3) is 8.97. The topological polar surface area (TPSA) is 33.5 Å². The summed E-state index contributed by atoms with van der Waals surface area (Å²) in [5, 5.41) is 3.73. The maximum atomic E-state index is 6.90. The Bertz CT molecular complexity index is 3040. The van der Waals surface area contributed by atoms with Crippen LogP contribution in [0.2, 0.25) is 19.6 Å². The average Bonchev–Trinajstić information content (AvgIpc) is 3.78. The van der Waals surface area contributed by atoms with Crippen molar-refractivity contribution in [3.63, 3.8) is 0 Å². The Balaban J connectivity index is 0.00000576. The Labute approximate surface area is 402 Å². The second-order valence-electron chi connectivity index (χ2n) is 21.7. The average molecular weight is 1050 g/mol. The van der Waals surface area contributed by atoms with Gasteiger partial charge in [0, 0.05) is 66.9 Å². The molecule has 6 aromatic carbocycles. The van der Waals surface area contributed by atoms with Crippen molar-refractivity contribution in [3.8, 4) is 28.4 Å². The van der Waals surface area contributed by atoms with E-state index >= 15 is 0 Å². The van der Waals surface area contributed by atoms with Gasteiger partial charge in [-0.1, -0.05) is 153 Å². The Morgan fingerprint density at radius 2 is 1.22 bits per heavy atom. The summed E-state index contributed by atoms with van der Waals surface area (Å²) in [6, 6.07) is 51.4. The van der Waals surface area contributed by atoms with Crippen molar-refractivity contribution in [1.29, 1.82) is 0 Å². The van der Waals surface area contributed by atoms with Gasteiger partial charge in [-0.2, -0.15) is 6.07 Å². The van der Waals surface area contributed by atoms with Crippen LogP contribution in [0.25, 0.3) is 38.8 Å². The quantitative estimate of drug-likeness (QED) is 0.118. The largest absolute Gasteiger partial charge is 0.509 e. The molecule has 0 spiro atoms. The molecule has 9 rings (SSSR count). The van der Waals surface area contributed by atoms with Crippen molar-refractivity contribution in [1.82, 2.24) is 9.55 Å². The minimum absolute atomic E-state index is 0. The molecule has 0 fully saturated rings. The van der Waals surface area contributed by atoms with E-state index < -0.39 is 8.07 Å². The third-order valence-electron chi connectivity index (χ3n) is 12.7. The summed E-state index contributed by atoms with van der Waals surface area (Å²) >= 11 is 0. The maximum absolute atomic E-state index is 6.90. The molecule has 65 heavy (non-hydrogen) atoms. The summed E-state index contributed by atoms with van der Waals surface area (Å²) in [7, 11) is -1.60. The zero-order valence-corrected chi connectivity index (χ0v) is 43.5. The number of para-hydroxylation sites is 2. The van der Waals surface area contributed by atoms with Crippen molar-refractivity contribution in [3.05, 3.63) is 169 Å². The van der Waals surface area contributed by atoms with E-state index in [1.54, 1.807) is 0 Å². The van der Waals surface area contributed by atoms with Crippen LogP contribution in [0.3, 0.4) is 0 Å². The van der Waals surface area contributed by atoms with Crippen LogP contribution >= 0.6 is 0 Å². The van der Waals surface area contributed by atoms with Gasteiger partial charge in [0.05, 0.1) is 8.07 Å². The molecule has 8 aromatic rings. The fourth-order valence-electron chi connectivity index (χ4n) is 8.66. The predicted molar refractivity (Wildman–Crippen MR) is 273 cm³/mol. The molecule has 5 nitrogen and oxygen atoms in total. The van der Waals surface area contributed by atoms with Crippen LogP contribution in [0.1, 0.15) is 84.6 Å². The zero-order valence-electron chi connectivity index (χ0n) is 40.2. The van der Waals surface area contributed by atoms with Crippen LogP contribution in [0.4, 0.5) is 22.7 Å². The molecular formula is C58H61N4OPtSi-3. The standard InChI is InChI=1S/C58H61N4OSi.Pt/c1-38-27-55(59-36-50(38)39-19-15-14-16-20-39)62-51-26-24-47(64(11,12)13)35-49(51)48-25-23-45(34-54(48)62)63-46-32-42(58(8,9)10)31-44(33-46)61-37-60(52-21-17-18-22-53(52)61)43-29-40(56(2,3)4)28-41(30-43)57(5,6)7;/h14-32,35-37H,1-13H3;/q-3;. The first-order valence-electron chi connectivity index (χ1n) is 22.6. The Hall–Kier alpha value is -5.42. The third-order valence-corrected chi connectivity index (χ3v) is 14.7. The number of hydrogen-bond acceptors (Lipinski definition) is 4. The first-order chi connectivity index (χ1) is 30.1. The van der Waals surface area contributed by atoms with E-state index in [1.807, 2.05) is 6.20 Å². The summed E-state index contributed by atoms with van der Waals surface area (Å²) in [6.07, 6.45) is 2.00. The number of benzene rings is 6. The second-order valence-corrected chi connectivity index (χ2v) is 26.8. The molecule has 336 valence electrons. The molecule has 0 aliphatic carbocycles. The zero-order chi connectivity index (χ0) is 45.5. The fraction of sp³-hybridized carbons (Fsp3) is 0.276. The van der Waals surface area contributed by atoms with Crippen molar-refractivity contribution in [2.45, 2.75) is 105 Å². The Kier molecular flexibility index (Phi) is 11.9. The van der Waals surface area contributed by atoms with Gasteiger partial charge in [0.15, 0.2) is 0 Å². The molecule has 2 aromatic heterocycles. The number of ether oxygens (including phenoxy) is 1. The summed E-state index contributed by atoms with van der Waals surface area (Å²) in [5.74, 6) is 2.11. The van der Waals surface area contributed by atoms with E-state index in [4.69, 9.17) is 9.72 Å². The van der Waals surface area contributed by atoms with Gasteiger partial charge in [-0.25, -0.2) is 4.98 Å². The molecule has 7 heteroatoms. The number of nitrogens with zero attached hydrogens (tertiary/aromatic N) is 4. The van der Waals surface area contributed by atoms with Gasteiger partial charge in [-0.3, -0.25) is 0 Å². The van der Waals surface area contributed by atoms with Gasteiger partial charge in [-0.15, -0.1) is 53.6 Å². The van der Waals surface area contributed by atoms with E-state index in [0.717, 1.165) is 67.2 Å². The molecule has 0 saturated heterocycles.